The molecule has 1 aromatic rings. The molecule has 0 amide bonds. The molecule has 8 heteroatoms. The van der Waals surface area contributed by atoms with Crippen LogP contribution in [0.4, 0.5) is 13.2 Å². The van der Waals surface area contributed by atoms with E-state index >= 15 is 0 Å². The molecule has 0 spiro atoms. The quantitative estimate of drug-likeness (QED) is 0.775. The summed E-state index contributed by atoms with van der Waals surface area (Å²) < 4.78 is 67.6. The van der Waals surface area contributed by atoms with Crippen molar-refractivity contribution >= 4 is 15.6 Å². The highest BCUT2D eigenvalue weighted by Crippen LogP contribution is 2.43. The first-order valence-corrected chi connectivity index (χ1v) is 9.27. The van der Waals surface area contributed by atoms with Crippen molar-refractivity contribution in [2.24, 2.45) is 5.92 Å². The molecule has 2 bridgehead atoms. The van der Waals surface area contributed by atoms with Crippen LogP contribution in [0.3, 0.4) is 0 Å². The fraction of sp³-hybridized carbons (Fsp3) is 0.562. The summed E-state index contributed by atoms with van der Waals surface area (Å²) >= 11 is 0. The average molecular weight is 362 g/mol. The number of benzene rings is 1. The normalized spacial score (nSPS) is 28.6. The van der Waals surface area contributed by atoms with E-state index in [0.717, 1.165) is 25.3 Å². The van der Waals surface area contributed by atoms with E-state index in [1.165, 1.54) is 0 Å². The molecular weight excluding hydrogens is 345 g/mol. The Morgan fingerprint density at radius 2 is 1.75 bits per heavy atom. The van der Waals surface area contributed by atoms with Crippen LogP contribution in [-0.4, -0.2) is 31.8 Å². The lowest BCUT2D eigenvalue weighted by Gasteiger charge is -2.27. The molecule has 0 saturated carbocycles. The number of hydrogen-bond donors (Lipinski definition) is 0. The number of carbonyl (C=O) groups is 1. The molecule has 2 unspecified atom stereocenters. The number of hydrogen-bond acceptors (Lipinski definition) is 4. The molecule has 3 rings (SSSR count). The van der Waals surface area contributed by atoms with Gasteiger partial charge >= 0.3 is 6.18 Å². The maximum absolute atomic E-state index is 12.9. The van der Waals surface area contributed by atoms with Crippen LogP contribution >= 0.6 is 0 Å². The van der Waals surface area contributed by atoms with Crippen molar-refractivity contribution in [2.45, 2.75) is 42.4 Å². The summed E-state index contributed by atoms with van der Waals surface area (Å²) in [4.78, 5) is 12.6. The lowest BCUT2D eigenvalue weighted by Crippen LogP contribution is -2.36. The maximum atomic E-state index is 12.9. The Morgan fingerprint density at radius 1 is 1.17 bits per heavy atom. The van der Waals surface area contributed by atoms with Crippen molar-refractivity contribution in [1.29, 1.82) is 0 Å². The zero-order valence-corrected chi connectivity index (χ0v) is 13.8. The number of ether oxygens (including phenoxy) is 1. The van der Waals surface area contributed by atoms with E-state index in [4.69, 9.17) is 4.74 Å². The molecule has 2 saturated heterocycles. The molecule has 2 atom stereocenters. The van der Waals surface area contributed by atoms with Gasteiger partial charge in [-0.05, 0) is 37.8 Å². The molecule has 2 aliphatic heterocycles. The van der Waals surface area contributed by atoms with Gasteiger partial charge in [0.1, 0.15) is 5.75 Å². The number of halogens is 3. The van der Waals surface area contributed by atoms with Crippen LogP contribution in [-0.2, 0) is 16.0 Å². The third-order valence-electron chi connectivity index (χ3n) is 5.00. The van der Waals surface area contributed by atoms with E-state index in [-0.39, 0.29) is 24.2 Å². The van der Waals surface area contributed by atoms with Gasteiger partial charge in [-0.3, -0.25) is 4.79 Å². The first-order valence-electron chi connectivity index (χ1n) is 7.66. The molecule has 1 aromatic carbocycles. The van der Waals surface area contributed by atoms with E-state index in [1.807, 2.05) is 0 Å². The number of alkyl halides is 3. The fourth-order valence-electron chi connectivity index (χ4n) is 3.74. The van der Waals surface area contributed by atoms with E-state index < -0.39 is 43.7 Å². The Hall–Kier alpha value is -1.57. The van der Waals surface area contributed by atoms with E-state index in [2.05, 4.69) is 0 Å². The number of carbonyl (C=O) groups excluding carboxylic acids is 1. The number of rotatable bonds is 3. The topological polar surface area (TPSA) is 60.4 Å². The molecule has 4 nitrogen and oxygen atoms in total. The monoisotopic (exact) mass is 362 g/mol. The molecule has 2 fully saturated rings. The SMILES string of the molecule is COc1cc(C(=O)C2CC3CCC(C2)S3(=O)=O)ccc1C(F)(F)F. The molecule has 2 heterocycles. The van der Waals surface area contributed by atoms with Crippen molar-refractivity contribution in [1.82, 2.24) is 0 Å². The van der Waals surface area contributed by atoms with Crippen molar-refractivity contribution in [2.75, 3.05) is 7.11 Å². The highest BCUT2D eigenvalue weighted by Gasteiger charge is 2.48. The average Bonchev–Trinajstić information content (AvgIpc) is 2.70. The van der Waals surface area contributed by atoms with Crippen molar-refractivity contribution in [3.63, 3.8) is 0 Å². The summed E-state index contributed by atoms with van der Waals surface area (Å²) in [6.45, 7) is 0. The van der Waals surface area contributed by atoms with Crippen molar-refractivity contribution < 1.29 is 31.1 Å². The zero-order valence-electron chi connectivity index (χ0n) is 13.0. The molecule has 0 aromatic heterocycles. The van der Waals surface area contributed by atoms with Crippen molar-refractivity contribution in [3.8, 4) is 5.75 Å². The van der Waals surface area contributed by atoms with E-state index in [9.17, 15) is 26.4 Å². The van der Waals surface area contributed by atoms with Gasteiger partial charge in [0, 0.05) is 11.5 Å². The van der Waals surface area contributed by atoms with Crippen molar-refractivity contribution in [3.05, 3.63) is 29.3 Å². The molecule has 24 heavy (non-hydrogen) atoms. The second-order valence-corrected chi connectivity index (χ2v) is 8.87. The lowest BCUT2D eigenvalue weighted by molar-refractivity contribution is -0.138. The number of fused-ring (bicyclic) bond motifs is 2. The Balaban J connectivity index is 1.87. The van der Waals surface area contributed by atoms with Crippen LogP contribution < -0.4 is 4.74 Å². The third kappa shape index (κ3) is 2.81. The smallest absolute Gasteiger partial charge is 0.419 e. The van der Waals surface area contributed by atoms with Crippen LogP contribution in [0, 0.1) is 5.92 Å². The molecular formula is C16H17F3O4S. The molecule has 0 N–H and O–H groups in total. The summed E-state index contributed by atoms with van der Waals surface area (Å²) in [5.41, 5.74) is -0.809. The maximum Gasteiger partial charge on any atom is 0.419 e. The van der Waals surface area contributed by atoms with Gasteiger partial charge in [-0.15, -0.1) is 0 Å². The Bertz CT molecular complexity index is 750. The van der Waals surface area contributed by atoms with Gasteiger partial charge in [-0.1, -0.05) is 6.07 Å². The minimum atomic E-state index is -4.56. The Labute approximate surface area is 137 Å². The number of ketones is 1. The highest BCUT2D eigenvalue weighted by atomic mass is 32.2. The van der Waals surface area contributed by atoms with Gasteiger partial charge in [0.2, 0.25) is 0 Å². The molecule has 0 radical (unpaired) electrons. The minimum absolute atomic E-state index is 0.128. The lowest BCUT2D eigenvalue weighted by atomic mass is 9.90. The minimum Gasteiger partial charge on any atom is -0.496 e. The van der Waals surface area contributed by atoms with E-state index in [0.29, 0.717) is 12.8 Å². The highest BCUT2D eigenvalue weighted by molar-refractivity contribution is 7.93. The number of methoxy groups -OCH3 is 1. The summed E-state index contributed by atoms with van der Waals surface area (Å²) in [6.07, 6.45) is -2.94. The second-order valence-electron chi connectivity index (χ2n) is 6.36. The van der Waals surface area contributed by atoms with Gasteiger partial charge in [-0.2, -0.15) is 13.2 Å². The summed E-state index contributed by atoms with van der Waals surface area (Å²) in [7, 11) is -2.02. The third-order valence-corrected chi connectivity index (χ3v) is 7.71. The summed E-state index contributed by atoms with van der Waals surface area (Å²) in [5, 5.41) is -0.997. The Morgan fingerprint density at radius 3 is 2.25 bits per heavy atom. The Kier molecular flexibility index (Phi) is 4.14. The molecule has 132 valence electrons. The van der Waals surface area contributed by atoms with Crippen LogP contribution in [0.2, 0.25) is 0 Å². The molecule has 0 aliphatic carbocycles. The summed E-state index contributed by atoms with van der Waals surface area (Å²) in [5.74, 6) is -1.18. The summed E-state index contributed by atoms with van der Waals surface area (Å²) in [6, 6.07) is 3.06. The zero-order chi connectivity index (χ0) is 17.7. The largest absolute Gasteiger partial charge is 0.496 e. The van der Waals surface area contributed by atoms with Gasteiger partial charge in [-0.25, -0.2) is 8.42 Å². The van der Waals surface area contributed by atoms with Crippen LogP contribution in [0.25, 0.3) is 0 Å². The molecule has 2 aliphatic rings. The predicted octanol–water partition coefficient (Wildman–Crippen LogP) is 3.25. The van der Waals surface area contributed by atoms with Gasteiger partial charge < -0.3 is 4.74 Å². The fourth-order valence-corrected chi connectivity index (χ4v) is 6.21. The van der Waals surface area contributed by atoms with Crippen LogP contribution in [0.5, 0.6) is 5.75 Å². The van der Waals surface area contributed by atoms with Crippen LogP contribution in [0.15, 0.2) is 18.2 Å². The van der Waals surface area contributed by atoms with E-state index in [1.54, 1.807) is 0 Å². The number of sulfone groups is 1. The predicted molar refractivity (Wildman–Crippen MR) is 80.8 cm³/mol. The van der Waals surface area contributed by atoms with Crippen LogP contribution in [0.1, 0.15) is 41.6 Å². The van der Waals surface area contributed by atoms with Gasteiger partial charge in [0.15, 0.2) is 15.6 Å². The second kappa shape index (κ2) is 5.75. The number of Topliss-reactive ketones (excluding diaryl/α,β-unsaturated/α-hetero) is 1. The first-order chi connectivity index (χ1) is 11.1. The first kappa shape index (κ1) is 17.3. The van der Waals surface area contributed by atoms with Gasteiger partial charge in [0.05, 0.1) is 23.2 Å². The van der Waals surface area contributed by atoms with Gasteiger partial charge in [0.25, 0.3) is 0 Å². The standard InChI is InChI=1S/C16H17F3O4S/c1-23-14-8-9(2-5-13(14)16(17,18)19)15(20)10-6-11-3-4-12(7-10)24(11,21)22/h2,5,8,10-12H,3-4,6-7H2,1H3.